The van der Waals surface area contributed by atoms with Crippen LogP contribution in [-0.4, -0.2) is 28.1 Å². The molecule has 4 rings (SSSR count). The van der Waals surface area contributed by atoms with Gasteiger partial charge < -0.3 is 10.1 Å². The molecule has 1 unspecified atom stereocenters. The average Bonchev–Trinajstić information content (AvgIpc) is 3.23. The minimum Gasteiger partial charge on any atom is -0.444 e. The van der Waals surface area contributed by atoms with Gasteiger partial charge in [0.2, 0.25) is 0 Å². The Bertz CT molecular complexity index is 1030. The molecule has 160 valence electrons. The van der Waals surface area contributed by atoms with Crippen LogP contribution in [0.3, 0.4) is 0 Å². The number of rotatable bonds is 5. The summed E-state index contributed by atoms with van der Waals surface area (Å²) in [5, 5.41) is 3.52. The van der Waals surface area contributed by atoms with E-state index in [1.54, 1.807) is 11.1 Å². The van der Waals surface area contributed by atoms with Crippen molar-refractivity contribution in [3.05, 3.63) is 95.3 Å². The number of pyridine rings is 1. The zero-order valence-corrected chi connectivity index (χ0v) is 18.3. The second kappa shape index (κ2) is 8.80. The minimum atomic E-state index is -0.600. The number of hydrogen-bond acceptors (Lipinski definition) is 4. The van der Waals surface area contributed by atoms with Crippen LogP contribution in [0.15, 0.2) is 72.9 Å². The van der Waals surface area contributed by atoms with Gasteiger partial charge in [-0.2, -0.15) is 0 Å². The third-order valence-corrected chi connectivity index (χ3v) is 5.28. The molecule has 0 spiro atoms. The first kappa shape index (κ1) is 20.9. The van der Waals surface area contributed by atoms with E-state index in [0.29, 0.717) is 6.54 Å². The molecule has 1 amide bonds. The second-order valence-electron chi connectivity index (χ2n) is 8.81. The number of aromatic nitrogens is 1. The Morgan fingerprint density at radius 2 is 1.84 bits per heavy atom. The molecule has 0 bridgehead atoms. The molecule has 0 radical (unpaired) electrons. The number of nitrogens with zero attached hydrogens (tertiary/aromatic N) is 2. The van der Waals surface area contributed by atoms with E-state index in [-0.39, 0.29) is 12.1 Å². The summed E-state index contributed by atoms with van der Waals surface area (Å²) in [7, 11) is 0. The van der Waals surface area contributed by atoms with Crippen LogP contribution in [0.4, 0.5) is 10.5 Å². The monoisotopic (exact) mass is 415 g/mol. The lowest BCUT2D eigenvalue weighted by Crippen LogP contribution is -2.39. The maximum atomic E-state index is 13.5. The zero-order chi connectivity index (χ0) is 21.8. The first-order chi connectivity index (χ1) is 14.9. The number of hydrogen-bond donors (Lipinski definition) is 1. The second-order valence-corrected chi connectivity index (χ2v) is 8.81. The first-order valence-corrected chi connectivity index (χ1v) is 10.7. The Morgan fingerprint density at radius 1 is 1.06 bits per heavy atom. The van der Waals surface area contributed by atoms with Crippen molar-refractivity contribution in [3.8, 4) is 0 Å². The number of carbonyl (C=O) groups is 1. The molecule has 0 fully saturated rings. The minimum absolute atomic E-state index is 0.359. The van der Waals surface area contributed by atoms with Gasteiger partial charge in [0.1, 0.15) is 11.6 Å². The fourth-order valence-electron chi connectivity index (χ4n) is 3.98. The number of carbonyl (C=O) groups excluding carboxylic acids is 1. The highest BCUT2D eigenvalue weighted by atomic mass is 16.6. The predicted octanol–water partition coefficient (Wildman–Crippen LogP) is 5.58. The van der Waals surface area contributed by atoms with E-state index in [1.165, 1.54) is 5.56 Å². The Kier molecular flexibility index (Phi) is 5.94. The number of para-hydroxylation sites is 1. The standard InChI is InChI=1S/C26H29N3O2/c1-26(2,3)31-25(30)29(18-19-10-5-4-6-11-19)24(22-14-7-8-16-27-22)21-13-9-12-20-15-17-28-23(20)21/h4-14,16,24,28H,15,17-18H2,1-3H3. The molecule has 1 N–H and O–H groups in total. The van der Waals surface area contributed by atoms with E-state index in [9.17, 15) is 4.79 Å². The van der Waals surface area contributed by atoms with Gasteiger partial charge in [-0.3, -0.25) is 9.88 Å². The van der Waals surface area contributed by atoms with Crippen molar-refractivity contribution in [2.24, 2.45) is 0 Å². The number of nitrogens with one attached hydrogen (secondary N) is 1. The number of fused-ring (bicyclic) bond motifs is 1. The Labute approximate surface area is 184 Å². The van der Waals surface area contributed by atoms with E-state index >= 15 is 0 Å². The average molecular weight is 416 g/mol. The highest BCUT2D eigenvalue weighted by Gasteiger charge is 2.34. The van der Waals surface area contributed by atoms with Gasteiger partial charge in [0, 0.05) is 24.0 Å². The summed E-state index contributed by atoms with van der Waals surface area (Å²) in [6.07, 6.45) is 2.39. The van der Waals surface area contributed by atoms with Crippen molar-refractivity contribution in [2.45, 2.75) is 45.4 Å². The molecule has 0 saturated heterocycles. The van der Waals surface area contributed by atoms with Crippen LogP contribution in [0.25, 0.3) is 0 Å². The van der Waals surface area contributed by atoms with Gasteiger partial charge in [-0.05, 0) is 50.5 Å². The van der Waals surface area contributed by atoms with E-state index < -0.39 is 5.60 Å². The summed E-state index contributed by atoms with van der Waals surface area (Å²) in [6.45, 7) is 6.99. The predicted molar refractivity (Wildman–Crippen MR) is 123 cm³/mol. The van der Waals surface area contributed by atoms with Crippen LogP contribution in [0.5, 0.6) is 0 Å². The molecule has 5 heteroatoms. The molecule has 2 aromatic carbocycles. The lowest BCUT2D eigenvalue weighted by molar-refractivity contribution is 0.0168. The highest BCUT2D eigenvalue weighted by Crippen LogP contribution is 2.38. The maximum Gasteiger partial charge on any atom is 0.411 e. The third kappa shape index (κ3) is 4.88. The highest BCUT2D eigenvalue weighted by molar-refractivity contribution is 5.72. The van der Waals surface area contributed by atoms with Crippen LogP contribution >= 0.6 is 0 Å². The number of benzene rings is 2. The van der Waals surface area contributed by atoms with Crippen molar-refractivity contribution >= 4 is 11.8 Å². The van der Waals surface area contributed by atoms with Crippen molar-refractivity contribution in [1.29, 1.82) is 0 Å². The van der Waals surface area contributed by atoms with Crippen molar-refractivity contribution < 1.29 is 9.53 Å². The summed E-state index contributed by atoms with van der Waals surface area (Å²) < 4.78 is 5.85. The molecule has 0 aliphatic carbocycles. The van der Waals surface area contributed by atoms with Gasteiger partial charge in [-0.1, -0.05) is 54.6 Å². The third-order valence-electron chi connectivity index (χ3n) is 5.28. The van der Waals surface area contributed by atoms with Crippen LogP contribution in [0.2, 0.25) is 0 Å². The first-order valence-electron chi connectivity index (χ1n) is 10.7. The molecule has 31 heavy (non-hydrogen) atoms. The molecule has 1 aliphatic heterocycles. The Hall–Kier alpha value is -3.34. The molecule has 1 aromatic heterocycles. The van der Waals surface area contributed by atoms with Crippen molar-refractivity contribution in [2.75, 3.05) is 11.9 Å². The zero-order valence-electron chi connectivity index (χ0n) is 18.3. The van der Waals surface area contributed by atoms with E-state index in [1.807, 2.05) is 69.3 Å². The van der Waals surface area contributed by atoms with Crippen LogP contribution in [-0.2, 0) is 17.7 Å². The van der Waals surface area contributed by atoms with Crippen LogP contribution in [0, 0.1) is 0 Å². The smallest absolute Gasteiger partial charge is 0.411 e. The molecule has 3 aromatic rings. The van der Waals surface area contributed by atoms with Gasteiger partial charge in [-0.25, -0.2) is 4.79 Å². The molecule has 1 atom stereocenters. The number of ether oxygens (including phenoxy) is 1. The Morgan fingerprint density at radius 3 is 2.55 bits per heavy atom. The summed E-state index contributed by atoms with van der Waals surface area (Å²) >= 11 is 0. The SMILES string of the molecule is CC(C)(C)OC(=O)N(Cc1ccccc1)C(c1ccccn1)c1cccc2c1NCC2. The van der Waals surface area contributed by atoms with Crippen molar-refractivity contribution in [1.82, 2.24) is 9.88 Å². The number of anilines is 1. The lowest BCUT2D eigenvalue weighted by atomic mass is 9.96. The van der Waals surface area contributed by atoms with Gasteiger partial charge >= 0.3 is 6.09 Å². The van der Waals surface area contributed by atoms with Gasteiger partial charge in [0.25, 0.3) is 0 Å². The summed E-state index contributed by atoms with van der Waals surface area (Å²) in [5.74, 6) is 0. The molecule has 0 saturated carbocycles. The fraction of sp³-hybridized carbons (Fsp3) is 0.308. The summed E-state index contributed by atoms with van der Waals surface area (Å²) in [6, 6.07) is 21.7. The number of amides is 1. The molecule has 1 aliphatic rings. The largest absolute Gasteiger partial charge is 0.444 e. The molecule has 2 heterocycles. The normalized spacial score (nSPS) is 13.8. The Balaban J connectivity index is 1.84. The van der Waals surface area contributed by atoms with E-state index in [0.717, 1.165) is 35.5 Å². The van der Waals surface area contributed by atoms with Gasteiger partial charge in [-0.15, -0.1) is 0 Å². The summed E-state index contributed by atoms with van der Waals surface area (Å²) in [5.41, 5.74) is 4.65. The molecular formula is C26H29N3O2. The molecule has 5 nitrogen and oxygen atoms in total. The van der Waals surface area contributed by atoms with E-state index in [4.69, 9.17) is 4.74 Å². The topological polar surface area (TPSA) is 54.5 Å². The van der Waals surface area contributed by atoms with Gasteiger partial charge in [0.05, 0.1) is 12.2 Å². The maximum absolute atomic E-state index is 13.5. The van der Waals surface area contributed by atoms with E-state index in [2.05, 4.69) is 28.5 Å². The quantitative estimate of drug-likeness (QED) is 0.591. The van der Waals surface area contributed by atoms with Crippen molar-refractivity contribution in [3.63, 3.8) is 0 Å². The summed E-state index contributed by atoms with van der Waals surface area (Å²) in [4.78, 5) is 19.9. The molecular weight excluding hydrogens is 386 g/mol. The fourth-order valence-corrected chi connectivity index (χ4v) is 3.98. The lowest BCUT2D eigenvalue weighted by Gasteiger charge is -2.34. The van der Waals surface area contributed by atoms with Crippen LogP contribution < -0.4 is 5.32 Å². The van der Waals surface area contributed by atoms with Crippen LogP contribution in [0.1, 0.15) is 49.2 Å². The van der Waals surface area contributed by atoms with Gasteiger partial charge in [0.15, 0.2) is 0 Å².